The van der Waals surface area contributed by atoms with Gasteiger partial charge in [-0.05, 0) is 18.8 Å². The molecule has 1 saturated heterocycles. The van der Waals surface area contributed by atoms with E-state index in [0.29, 0.717) is 18.1 Å². The molecule has 2 amide bonds. The smallest absolute Gasteiger partial charge is 0.386 e. The predicted molar refractivity (Wildman–Crippen MR) is 194 cm³/mol. The molecular weight excluding hydrogens is 831 g/mol. The van der Waals surface area contributed by atoms with E-state index in [4.69, 9.17) is 19.5 Å². The monoisotopic (exact) mass is 877 g/mol. The number of hydrogen-bond acceptors (Lipinski definition) is 18. The number of ether oxygens (including phenoxy) is 1. The van der Waals surface area contributed by atoms with Crippen LogP contribution in [0.1, 0.15) is 58.6 Å². The lowest BCUT2D eigenvalue weighted by molar-refractivity contribution is -0.137. The normalized spacial score (nSPS) is 23.4. The van der Waals surface area contributed by atoms with Gasteiger partial charge < -0.3 is 50.9 Å². The van der Waals surface area contributed by atoms with Crippen LogP contribution in [0.5, 0.6) is 0 Å². The van der Waals surface area contributed by atoms with E-state index in [9.17, 15) is 57.9 Å². The molecule has 3 heterocycles. The lowest BCUT2D eigenvalue weighted by atomic mass is 9.87. The van der Waals surface area contributed by atoms with E-state index in [1.54, 1.807) is 0 Å². The first-order valence-electron chi connectivity index (χ1n) is 17.1. The second-order valence-electron chi connectivity index (χ2n) is 13.6. The summed E-state index contributed by atoms with van der Waals surface area (Å²) in [7, 11) is -16.4. The zero-order valence-corrected chi connectivity index (χ0v) is 33.7. The van der Waals surface area contributed by atoms with Crippen LogP contribution in [0.25, 0.3) is 11.2 Å². The number of nitrogens with one attached hydrogen (secondary N) is 2. The number of phosphoric ester groups is 3. The molecule has 0 aromatic carbocycles. The van der Waals surface area contributed by atoms with Crippen molar-refractivity contribution in [2.24, 2.45) is 11.3 Å². The minimum absolute atomic E-state index is 0.0332. The van der Waals surface area contributed by atoms with Gasteiger partial charge in [-0.25, -0.2) is 28.6 Å². The lowest BCUT2D eigenvalue weighted by Gasteiger charge is -2.30. The van der Waals surface area contributed by atoms with Gasteiger partial charge in [0.2, 0.25) is 11.8 Å². The molecule has 7 atom stereocenters. The Morgan fingerprint density at radius 2 is 1.73 bits per heavy atom. The van der Waals surface area contributed by atoms with Gasteiger partial charge in [-0.3, -0.25) is 32.5 Å². The van der Waals surface area contributed by atoms with Gasteiger partial charge in [-0.1, -0.05) is 38.5 Å². The molecule has 2 aromatic rings. The van der Waals surface area contributed by atoms with E-state index >= 15 is 0 Å². The van der Waals surface area contributed by atoms with Crippen molar-refractivity contribution in [2.75, 3.05) is 37.8 Å². The Hall–Kier alpha value is -2.44. The van der Waals surface area contributed by atoms with E-state index in [1.165, 1.54) is 13.8 Å². The van der Waals surface area contributed by atoms with E-state index < -0.39 is 84.6 Å². The Bertz CT molecular complexity index is 1840. The van der Waals surface area contributed by atoms with Gasteiger partial charge in [0.25, 0.3) is 0 Å². The fraction of sp³-hybridized carbons (Fsp3) is 0.714. The van der Waals surface area contributed by atoms with Gasteiger partial charge in [0, 0.05) is 37.1 Å². The predicted octanol–water partition coefficient (Wildman–Crippen LogP) is 0.245. The van der Waals surface area contributed by atoms with Crippen molar-refractivity contribution >= 4 is 69.1 Å². The second-order valence-corrected chi connectivity index (χ2v) is 19.0. The molecule has 2 unspecified atom stereocenters. The molecule has 24 nitrogen and oxygen atoms in total. The standard InChI is InChI=1S/C28H46N7O17P3S/c1-28(2,23(39)26(40)31-8-7-18(36)30-9-10-56-19(37)11-16-5-3-4-6-16)13-49-55(46,47)52-54(44,45)48-12-17-22(51-53(41,42)43)21(38)27(50-17)35-15-34-20-24(29)32-14-33-25(20)35/h14-17,21-23,27,38-39H,3-13H2,1-2H3,(H,30,36)(H,31,40)(H,44,45)(H,46,47)(H2,29,32,33)(H2,41,42,43)/t17-,21-,22-,23+,27-/m1/s1. The fourth-order valence-electron chi connectivity index (χ4n) is 5.80. The van der Waals surface area contributed by atoms with Crippen LogP contribution >= 0.6 is 35.2 Å². The van der Waals surface area contributed by atoms with Gasteiger partial charge >= 0.3 is 23.5 Å². The third kappa shape index (κ3) is 13.6. The van der Waals surface area contributed by atoms with Crippen molar-refractivity contribution in [1.29, 1.82) is 0 Å². The Balaban J connectivity index is 1.22. The van der Waals surface area contributed by atoms with Gasteiger partial charge in [0.1, 0.15) is 36.3 Å². The Labute approximate surface area is 324 Å². The Morgan fingerprint density at radius 1 is 1.05 bits per heavy atom. The number of aromatic nitrogens is 4. The quantitative estimate of drug-likeness (QED) is 0.0599. The molecule has 1 aliphatic heterocycles. The SMILES string of the molecule is CC(C)(COP(=O)(O)OP(=O)(O)OC[C@H]1O[C@@H](n2cnc3c(N)ncnc32)[C@H](O)[C@@H]1OP(=O)(O)O)[C@@H](O)C(=O)NCCC(=O)NCCSC(=O)CC1CCCC1. The number of anilines is 1. The Morgan fingerprint density at radius 3 is 2.41 bits per heavy atom. The average molecular weight is 878 g/mol. The van der Waals surface area contributed by atoms with Crippen LogP contribution in [-0.2, 0) is 50.7 Å². The molecule has 316 valence electrons. The summed E-state index contributed by atoms with van der Waals surface area (Å²) in [5, 5.41) is 26.5. The molecule has 0 radical (unpaired) electrons. The second kappa shape index (κ2) is 19.5. The molecular formula is C28H46N7O17P3S. The molecule has 0 bridgehead atoms. The highest BCUT2D eigenvalue weighted by molar-refractivity contribution is 8.13. The largest absolute Gasteiger partial charge is 0.481 e. The summed E-state index contributed by atoms with van der Waals surface area (Å²) in [5.41, 5.74) is 4.28. The zero-order chi connectivity index (χ0) is 41.5. The molecule has 10 N–H and O–H groups in total. The summed E-state index contributed by atoms with van der Waals surface area (Å²) < 4.78 is 62.1. The Kier molecular flexibility index (Phi) is 16.1. The molecule has 56 heavy (non-hydrogen) atoms. The van der Waals surface area contributed by atoms with Crippen molar-refractivity contribution < 1.29 is 80.5 Å². The summed E-state index contributed by atoms with van der Waals surface area (Å²) in [5.74, 6) is -0.579. The number of thioether (sulfide) groups is 1. The first-order valence-corrected chi connectivity index (χ1v) is 22.6. The van der Waals surface area contributed by atoms with Crippen molar-refractivity contribution in [2.45, 2.75) is 83.0 Å². The highest BCUT2D eigenvalue weighted by Gasteiger charge is 2.50. The van der Waals surface area contributed by atoms with Crippen molar-refractivity contribution in [3.05, 3.63) is 12.7 Å². The van der Waals surface area contributed by atoms with E-state index in [1.807, 2.05) is 0 Å². The number of nitrogens with two attached hydrogens (primary N) is 1. The van der Waals surface area contributed by atoms with Crippen molar-refractivity contribution in [3.63, 3.8) is 0 Å². The van der Waals surface area contributed by atoms with Crippen LogP contribution in [0.4, 0.5) is 5.82 Å². The number of fused-ring (bicyclic) bond motifs is 1. The van der Waals surface area contributed by atoms with Crippen LogP contribution < -0.4 is 16.4 Å². The third-order valence-corrected chi connectivity index (χ3v) is 12.7. The number of phosphoric acid groups is 3. The first kappa shape index (κ1) is 46.3. The number of nitrogens with zero attached hydrogens (tertiary/aromatic N) is 4. The minimum Gasteiger partial charge on any atom is -0.386 e. The number of aliphatic hydroxyl groups is 2. The number of carbonyl (C=O) groups excluding carboxylic acids is 3. The summed E-state index contributed by atoms with van der Waals surface area (Å²) in [6.07, 6.45) is -1.92. The summed E-state index contributed by atoms with van der Waals surface area (Å²) >= 11 is 1.16. The van der Waals surface area contributed by atoms with Crippen LogP contribution in [0, 0.1) is 11.3 Å². The molecule has 4 rings (SSSR count). The average Bonchev–Trinajstić information content (AvgIpc) is 3.84. The summed E-state index contributed by atoms with van der Waals surface area (Å²) in [6, 6.07) is 0. The van der Waals surface area contributed by atoms with Gasteiger partial charge in [-0.2, -0.15) is 4.31 Å². The lowest BCUT2D eigenvalue weighted by Crippen LogP contribution is -2.46. The van der Waals surface area contributed by atoms with Gasteiger partial charge in [0.15, 0.2) is 22.8 Å². The number of amides is 2. The van der Waals surface area contributed by atoms with E-state index in [0.717, 1.165) is 54.7 Å². The van der Waals surface area contributed by atoms with Gasteiger partial charge in [0.05, 0.1) is 19.5 Å². The highest BCUT2D eigenvalue weighted by atomic mass is 32.2. The molecule has 1 aliphatic carbocycles. The van der Waals surface area contributed by atoms with E-state index in [-0.39, 0.29) is 41.6 Å². The first-order chi connectivity index (χ1) is 26.1. The van der Waals surface area contributed by atoms with Crippen LogP contribution in [0.3, 0.4) is 0 Å². The van der Waals surface area contributed by atoms with Crippen molar-refractivity contribution in [3.8, 4) is 0 Å². The molecule has 2 fully saturated rings. The van der Waals surface area contributed by atoms with Crippen molar-refractivity contribution in [1.82, 2.24) is 30.2 Å². The number of hydrogen-bond donors (Lipinski definition) is 9. The van der Waals surface area contributed by atoms with E-state index in [2.05, 4.69) is 34.4 Å². The molecule has 28 heteroatoms. The summed E-state index contributed by atoms with van der Waals surface area (Å²) in [6.45, 7) is 0.581. The maximum atomic E-state index is 12.7. The van der Waals surface area contributed by atoms with Crippen LogP contribution in [0.2, 0.25) is 0 Å². The molecule has 0 spiro atoms. The fourth-order valence-corrected chi connectivity index (χ4v) is 9.42. The molecule has 2 aliphatic rings. The maximum absolute atomic E-state index is 12.7. The topological polar surface area (TPSA) is 364 Å². The highest BCUT2D eigenvalue weighted by Crippen LogP contribution is 2.61. The molecule has 1 saturated carbocycles. The minimum atomic E-state index is -5.56. The third-order valence-electron chi connectivity index (χ3n) is 8.69. The number of imidazole rings is 1. The maximum Gasteiger partial charge on any atom is 0.481 e. The summed E-state index contributed by atoms with van der Waals surface area (Å²) in [4.78, 5) is 87.7. The number of rotatable bonds is 21. The van der Waals surface area contributed by atoms with Crippen LogP contribution in [0.15, 0.2) is 12.7 Å². The number of carbonyl (C=O) groups is 3. The number of aliphatic hydroxyl groups excluding tert-OH is 2. The van der Waals surface area contributed by atoms with Gasteiger partial charge in [-0.15, -0.1) is 0 Å². The molecule has 2 aromatic heterocycles. The number of nitrogen functional groups attached to an aromatic ring is 1. The zero-order valence-electron chi connectivity index (χ0n) is 30.2. The van der Waals surface area contributed by atoms with Crippen LogP contribution in [-0.4, -0.2) is 123 Å².